The zero-order valence-corrected chi connectivity index (χ0v) is 21.8. The van der Waals surface area contributed by atoms with Gasteiger partial charge in [-0.2, -0.15) is 0 Å². The summed E-state index contributed by atoms with van der Waals surface area (Å²) in [5, 5.41) is 11.7. The van der Waals surface area contributed by atoms with E-state index in [9.17, 15) is 14.7 Å². The van der Waals surface area contributed by atoms with Crippen molar-refractivity contribution < 1.29 is 24.2 Å². The molecule has 4 aromatic rings. The van der Waals surface area contributed by atoms with E-state index < -0.39 is 17.7 Å². The second-order valence-corrected chi connectivity index (χ2v) is 9.73. The lowest BCUT2D eigenvalue weighted by Crippen LogP contribution is -2.29. The van der Waals surface area contributed by atoms with Gasteiger partial charge in [0.15, 0.2) is 5.13 Å². The van der Waals surface area contributed by atoms with Crippen molar-refractivity contribution >= 4 is 44.1 Å². The molecule has 1 aliphatic heterocycles. The van der Waals surface area contributed by atoms with Gasteiger partial charge >= 0.3 is 5.91 Å². The van der Waals surface area contributed by atoms with E-state index in [1.165, 1.54) is 16.2 Å². The van der Waals surface area contributed by atoms with Gasteiger partial charge in [0.2, 0.25) is 0 Å². The number of aromatic nitrogens is 1. The number of hydrogen-bond donors (Lipinski definition) is 1. The predicted molar refractivity (Wildman–Crippen MR) is 149 cm³/mol. The zero-order valence-electron chi connectivity index (χ0n) is 21.0. The van der Waals surface area contributed by atoms with Crippen LogP contribution in [0.15, 0.2) is 85.0 Å². The fraction of sp³-hybridized carbons (Fsp3) is 0.167. The van der Waals surface area contributed by atoms with Crippen LogP contribution in [-0.4, -0.2) is 35.5 Å². The molecule has 5 rings (SSSR count). The maximum atomic E-state index is 13.5. The van der Waals surface area contributed by atoms with Gasteiger partial charge in [0, 0.05) is 5.56 Å². The van der Waals surface area contributed by atoms with Crippen molar-refractivity contribution in [1.82, 2.24) is 4.98 Å². The van der Waals surface area contributed by atoms with E-state index in [2.05, 4.69) is 13.5 Å². The number of thiazole rings is 1. The molecule has 0 unspecified atom stereocenters. The molecule has 7 nitrogen and oxygen atoms in total. The monoisotopic (exact) mass is 526 g/mol. The second kappa shape index (κ2) is 10.5. The van der Waals surface area contributed by atoms with Crippen molar-refractivity contribution in [1.29, 1.82) is 0 Å². The number of hydrogen-bond acceptors (Lipinski definition) is 7. The third-order valence-electron chi connectivity index (χ3n) is 6.41. The van der Waals surface area contributed by atoms with Crippen molar-refractivity contribution in [3.8, 4) is 11.5 Å². The molecule has 192 valence electrons. The van der Waals surface area contributed by atoms with Gasteiger partial charge < -0.3 is 14.6 Å². The number of Topliss-reactive ketones (excluding diaryl/α,β-unsaturated/α-hetero) is 1. The summed E-state index contributed by atoms with van der Waals surface area (Å²) in [7, 11) is 1.54. The van der Waals surface area contributed by atoms with Crippen molar-refractivity contribution in [2.24, 2.45) is 0 Å². The van der Waals surface area contributed by atoms with Gasteiger partial charge in [-0.25, -0.2) is 4.98 Å². The minimum atomic E-state index is -0.907. The summed E-state index contributed by atoms with van der Waals surface area (Å²) in [5.74, 6) is -0.655. The smallest absolute Gasteiger partial charge is 0.301 e. The Morgan fingerprint density at radius 2 is 1.89 bits per heavy atom. The Hall–Kier alpha value is -4.43. The Morgan fingerprint density at radius 3 is 2.61 bits per heavy atom. The molecular formula is C30H26N2O5S. The number of nitrogens with zero attached hydrogens (tertiary/aromatic N) is 2. The molecule has 0 spiro atoms. The van der Waals surface area contributed by atoms with E-state index in [0.29, 0.717) is 34.4 Å². The second-order valence-electron chi connectivity index (χ2n) is 8.72. The number of benzene rings is 3. The lowest BCUT2D eigenvalue weighted by molar-refractivity contribution is -0.132. The fourth-order valence-corrected chi connectivity index (χ4v) is 5.51. The molecule has 1 atom stereocenters. The highest BCUT2D eigenvalue weighted by Gasteiger charge is 2.48. The van der Waals surface area contributed by atoms with Crippen LogP contribution in [0.5, 0.6) is 11.5 Å². The van der Waals surface area contributed by atoms with Gasteiger partial charge in [0.05, 0.1) is 28.9 Å². The minimum absolute atomic E-state index is 0.0189. The van der Waals surface area contributed by atoms with Gasteiger partial charge in [0.1, 0.15) is 23.9 Å². The number of aliphatic hydroxyl groups is 1. The first-order valence-corrected chi connectivity index (χ1v) is 12.9. The van der Waals surface area contributed by atoms with Crippen LogP contribution in [-0.2, 0) is 16.0 Å². The van der Waals surface area contributed by atoms with Gasteiger partial charge in [-0.3, -0.25) is 14.5 Å². The molecule has 2 heterocycles. The lowest BCUT2D eigenvalue weighted by Gasteiger charge is -2.23. The largest absolute Gasteiger partial charge is 0.507 e. The topological polar surface area (TPSA) is 89.0 Å². The summed E-state index contributed by atoms with van der Waals surface area (Å²) in [6.07, 6.45) is 2.50. The molecule has 1 N–H and O–H groups in total. The van der Waals surface area contributed by atoms with Crippen molar-refractivity contribution in [2.75, 3.05) is 18.6 Å². The van der Waals surface area contributed by atoms with E-state index in [4.69, 9.17) is 14.5 Å². The molecule has 0 bridgehead atoms. The number of ether oxygens (including phenoxy) is 2. The highest BCUT2D eigenvalue weighted by Crippen LogP contribution is 2.45. The number of aliphatic hydroxyl groups excluding tert-OH is 1. The van der Waals surface area contributed by atoms with E-state index in [1.807, 2.05) is 18.2 Å². The number of anilines is 1. The van der Waals surface area contributed by atoms with Crippen LogP contribution in [0.1, 0.15) is 29.7 Å². The number of rotatable bonds is 8. The van der Waals surface area contributed by atoms with E-state index in [-0.39, 0.29) is 11.3 Å². The Kier molecular flexibility index (Phi) is 6.98. The number of carbonyl (C=O) groups excluding carboxylic acids is 2. The molecule has 8 heteroatoms. The summed E-state index contributed by atoms with van der Waals surface area (Å²) >= 11 is 1.34. The predicted octanol–water partition coefficient (Wildman–Crippen LogP) is 6.06. The van der Waals surface area contributed by atoms with E-state index >= 15 is 0 Å². The average molecular weight is 527 g/mol. The third-order valence-corrected chi connectivity index (χ3v) is 7.42. The van der Waals surface area contributed by atoms with Crippen LogP contribution in [0.2, 0.25) is 0 Å². The maximum Gasteiger partial charge on any atom is 0.301 e. The molecule has 1 fully saturated rings. The minimum Gasteiger partial charge on any atom is -0.507 e. The SMILES string of the molecule is C=CCOc1cccc([C@H]2/C(=C(\O)c3ccc(OC)cc3)C(=O)C(=O)N2c2nc3ccc(CC)cc3s2)c1. The van der Waals surface area contributed by atoms with Gasteiger partial charge in [-0.05, 0) is 66.1 Å². The molecule has 0 radical (unpaired) electrons. The summed E-state index contributed by atoms with van der Waals surface area (Å²) in [5.41, 5.74) is 2.87. The molecule has 1 saturated heterocycles. The Bertz CT molecular complexity index is 1570. The van der Waals surface area contributed by atoms with Crippen molar-refractivity contribution in [2.45, 2.75) is 19.4 Å². The number of carbonyl (C=O) groups is 2. The van der Waals surface area contributed by atoms with Crippen LogP contribution in [0.4, 0.5) is 5.13 Å². The fourth-order valence-electron chi connectivity index (χ4n) is 4.46. The van der Waals surface area contributed by atoms with Gasteiger partial charge in [-0.1, -0.05) is 49.1 Å². The lowest BCUT2D eigenvalue weighted by atomic mass is 9.95. The number of ketones is 1. The van der Waals surface area contributed by atoms with Gasteiger partial charge in [0.25, 0.3) is 5.78 Å². The number of methoxy groups -OCH3 is 1. The first-order valence-electron chi connectivity index (χ1n) is 12.1. The Balaban J connectivity index is 1.69. The molecule has 1 aromatic heterocycles. The van der Waals surface area contributed by atoms with Crippen molar-refractivity contribution in [3.63, 3.8) is 0 Å². The number of aryl methyl sites for hydroxylation is 1. The molecular weight excluding hydrogens is 500 g/mol. The highest BCUT2D eigenvalue weighted by molar-refractivity contribution is 7.22. The standard InChI is InChI=1S/C30H26N2O5S/c1-4-15-37-22-8-6-7-20(17-22)26-25(27(33)19-10-12-21(36-3)13-11-19)28(34)29(35)32(26)30-31-23-14-9-18(5-2)16-24(23)38-30/h4,6-14,16-17,26,33H,1,5,15H2,2-3H3/b27-25+/t26-/m0/s1. The number of amides is 1. The quantitative estimate of drug-likeness (QED) is 0.130. The third kappa shape index (κ3) is 4.54. The zero-order chi connectivity index (χ0) is 26.8. The van der Waals surface area contributed by atoms with Crippen LogP contribution in [0.25, 0.3) is 16.0 Å². The van der Waals surface area contributed by atoms with E-state index in [0.717, 1.165) is 22.2 Å². The average Bonchev–Trinajstić information content (AvgIpc) is 3.49. The maximum absolute atomic E-state index is 13.5. The van der Waals surface area contributed by atoms with Gasteiger partial charge in [-0.15, -0.1) is 0 Å². The Labute approximate surface area is 224 Å². The number of fused-ring (bicyclic) bond motifs is 1. The van der Waals surface area contributed by atoms with Crippen LogP contribution < -0.4 is 14.4 Å². The van der Waals surface area contributed by atoms with Crippen LogP contribution in [0, 0.1) is 0 Å². The first kappa shape index (κ1) is 25.2. The van der Waals surface area contributed by atoms with E-state index in [1.54, 1.807) is 61.7 Å². The summed E-state index contributed by atoms with van der Waals surface area (Å²) in [6, 6.07) is 18.8. The molecule has 38 heavy (non-hydrogen) atoms. The first-order chi connectivity index (χ1) is 18.4. The molecule has 1 aliphatic rings. The molecule has 0 aliphatic carbocycles. The normalized spacial score (nSPS) is 16.7. The summed E-state index contributed by atoms with van der Waals surface area (Å²) in [6.45, 7) is 6.05. The summed E-state index contributed by atoms with van der Waals surface area (Å²) < 4.78 is 11.8. The molecule has 3 aromatic carbocycles. The van der Waals surface area contributed by atoms with Crippen LogP contribution >= 0.6 is 11.3 Å². The highest BCUT2D eigenvalue weighted by atomic mass is 32.1. The molecule has 1 amide bonds. The Morgan fingerprint density at radius 1 is 1.11 bits per heavy atom. The molecule has 0 saturated carbocycles. The van der Waals surface area contributed by atoms with Crippen LogP contribution in [0.3, 0.4) is 0 Å². The summed E-state index contributed by atoms with van der Waals surface area (Å²) in [4.78, 5) is 33.1. The van der Waals surface area contributed by atoms with Crippen molar-refractivity contribution in [3.05, 3.63) is 102 Å².